The Bertz CT molecular complexity index is 1270. The van der Waals surface area contributed by atoms with Gasteiger partial charge in [0.15, 0.2) is 5.69 Å². The van der Waals surface area contributed by atoms with Crippen LogP contribution in [-0.4, -0.2) is 25.3 Å². The maximum Gasteiger partial charge on any atom is 0.435 e. The molecule has 174 valence electrons. The van der Waals surface area contributed by atoms with Crippen molar-refractivity contribution in [3.8, 4) is 28.1 Å². The summed E-state index contributed by atoms with van der Waals surface area (Å²) < 4.78 is 38.3. The zero-order valence-electron chi connectivity index (χ0n) is 18.9. The Labute approximate surface area is 195 Å². The fourth-order valence-electron chi connectivity index (χ4n) is 3.86. The van der Waals surface area contributed by atoms with Crippen LogP contribution < -0.4 is 0 Å². The summed E-state index contributed by atoms with van der Waals surface area (Å²) in [5.41, 5.74) is 3.11. The van der Waals surface area contributed by atoms with E-state index in [1.165, 1.54) is 12.3 Å². The highest BCUT2D eigenvalue weighted by molar-refractivity contribution is 5.64. The van der Waals surface area contributed by atoms with Crippen LogP contribution in [0, 0.1) is 5.92 Å². The summed E-state index contributed by atoms with van der Waals surface area (Å²) in [7, 11) is 0. The Morgan fingerprint density at radius 2 is 1.44 bits per heavy atom. The van der Waals surface area contributed by atoms with Crippen LogP contribution in [0.4, 0.5) is 13.2 Å². The first-order chi connectivity index (χ1) is 16.1. The van der Waals surface area contributed by atoms with Gasteiger partial charge in [-0.25, -0.2) is 0 Å². The largest absolute Gasteiger partial charge is 0.506 e. The first kappa shape index (κ1) is 23.4. The maximum atomic E-state index is 12.8. The number of aromatic nitrogens is 4. The van der Waals surface area contributed by atoms with Gasteiger partial charge in [-0.3, -0.25) is 9.97 Å². The van der Waals surface area contributed by atoms with Crippen molar-refractivity contribution in [3.63, 3.8) is 0 Å². The van der Waals surface area contributed by atoms with Crippen LogP contribution in [0.5, 0.6) is 5.75 Å². The predicted octanol–water partition coefficient (Wildman–Crippen LogP) is 6.29. The number of hydrogen-bond donors (Lipinski definition) is 1. The average Bonchev–Trinajstić information content (AvgIpc) is 2.83. The summed E-state index contributed by atoms with van der Waals surface area (Å²) in [6, 6.07) is 15.6. The number of aromatic hydroxyl groups is 1. The summed E-state index contributed by atoms with van der Waals surface area (Å²) in [4.78, 5) is 8.69. The van der Waals surface area contributed by atoms with Crippen LogP contribution in [0.2, 0.25) is 0 Å². The molecule has 0 spiro atoms. The predicted molar refractivity (Wildman–Crippen MR) is 123 cm³/mol. The highest BCUT2D eigenvalue weighted by atomic mass is 19.4. The lowest BCUT2D eigenvalue weighted by Crippen LogP contribution is -2.31. The molecule has 0 aliphatic carbocycles. The topological polar surface area (TPSA) is 71.8 Å². The lowest BCUT2D eigenvalue weighted by Gasteiger charge is -2.34. The third kappa shape index (κ3) is 4.48. The third-order valence-electron chi connectivity index (χ3n) is 6.24. The van der Waals surface area contributed by atoms with Gasteiger partial charge in [0, 0.05) is 28.9 Å². The van der Waals surface area contributed by atoms with Crippen LogP contribution >= 0.6 is 0 Å². The van der Waals surface area contributed by atoms with Crippen molar-refractivity contribution in [1.29, 1.82) is 0 Å². The Hall–Kier alpha value is -3.81. The lowest BCUT2D eigenvalue weighted by molar-refractivity contribution is -0.141. The van der Waals surface area contributed by atoms with Gasteiger partial charge in [0.05, 0.1) is 17.6 Å². The highest BCUT2D eigenvalue weighted by Gasteiger charge is 2.34. The Morgan fingerprint density at radius 1 is 0.765 bits per heavy atom. The number of halogens is 3. The second-order valence-electron chi connectivity index (χ2n) is 8.60. The molecule has 1 unspecified atom stereocenters. The SMILES string of the molecule is CC(C)C(C)(c1ccc(-c2cncc(O)c2)cc1)c1ccc(-c2ccc(C(F)(F)F)nn2)cn1. The molecule has 4 rings (SSSR count). The number of alkyl halides is 3. The van der Waals surface area contributed by atoms with Gasteiger partial charge in [0.1, 0.15) is 5.75 Å². The van der Waals surface area contributed by atoms with Crippen molar-refractivity contribution in [2.24, 2.45) is 5.92 Å². The molecular formula is C26H23F3N4O. The minimum Gasteiger partial charge on any atom is -0.506 e. The van der Waals surface area contributed by atoms with Gasteiger partial charge in [-0.05, 0) is 54.3 Å². The number of nitrogens with zero attached hydrogens (tertiary/aromatic N) is 4. The Kier molecular flexibility index (Phi) is 6.08. The minimum atomic E-state index is -4.53. The number of hydrogen-bond acceptors (Lipinski definition) is 5. The number of rotatable bonds is 5. The second-order valence-corrected chi connectivity index (χ2v) is 8.60. The molecule has 3 aromatic heterocycles. The molecule has 0 fully saturated rings. The molecule has 0 aliphatic heterocycles. The third-order valence-corrected chi connectivity index (χ3v) is 6.24. The van der Waals surface area contributed by atoms with Crippen molar-refractivity contribution in [2.75, 3.05) is 0 Å². The maximum absolute atomic E-state index is 12.8. The molecule has 3 heterocycles. The van der Waals surface area contributed by atoms with E-state index in [0.717, 1.165) is 28.5 Å². The molecule has 1 atom stereocenters. The molecule has 8 heteroatoms. The molecule has 34 heavy (non-hydrogen) atoms. The Balaban J connectivity index is 1.64. The Morgan fingerprint density at radius 3 is 1.97 bits per heavy atom. The van der Waals surface area contributed by atoms with Crippen molar-refractivity contribution in [3.05, 3.63) is 90.1 Å². The van der Waals surface area contributed by atoms with E-state index in [4.69, 9.17) is 0 Å². The van der Waals surface area contributed by atoms with Gasteiger partial charge in [0.2, 0.25) is 0 Å². The van der Waals surface area contributed by atoms with E-state index in [1.807, 2.05) is 30.3 Å². The van der Waals surface area contributed by atoms with E-state index < -0.39 is 17.3 Å². The standard InChI is InChI=1S/C26H23F3N4O/c1-16(2)25(3,20-7-4-17(5-8-20)19-12-21(34)15-30-13-19)23-10-6-18(14-31-23)22-9-11-24(33-32-22)26(27,28)29/h4-16,34H,1-3H3. The second kappa shape index (κ2) is 8.85. The monoisotopic (exact) mass is 464 g/mol. The molecule has 1 aromatic carbocycles. The van der Waals surface area contributed by atoms with Gasteiger partial charge in [-0.1, -0.05) is 38.1 Å². The van der Waals surface area contributed by atoms with Gasteiger partial charge < -0.3 is 5.11 Å². The van der Waals surface area contributed by atoms with Gasteiger partial charge in [-0.2, -0.15) is 13.2 Å². The normalized spacial score (nSPS) is 13.6. The smallest absolute Gasteiger partial charge is 0.435 e. The van der Waals surface area contributed by atoms with Gasteiger partial charge in [-0.15, -0.1) is 10.2 Å². The highest BCUT2D eigenvalue weighted by Crippen LogP contribution is 2.39. The fourth-order valence-corrected chi connectivity index (χ4v) is 3.86. The minimum absolute atomic E-state index is 0.107. The molecule has 4 aromatic rings. The summed E-state index contributed by atoms with van der Waals surface area (Å²) in [5, 5.41) is 16.7. The van der Waals surface area contributed by atoms with E-state index in [0.29, 0.717) is 11.3 Å². The molecule has 0 saturated carbocycles. The molecule has 0 amide bonds. The van der Waals surface area contributed by atoms with Crippen LogP contribution in [-0.2, 0) is 11.6 Å². The molecule has 0 radical (unpaired) electrons. The molecular weight excluding hydrogens is 441 g/mol. The summed E-state index contributed by atoms with van der Waals surface area (Å²) >= 11 is 0. The molecule has 0 bridgehead atoms. The zero-order chi connectivity index (χ0) is 24.5. The van der Waals surface area contributed by atoms with E-state index in [-0.39, 0.29) is 11.7 Å². The van der Waals surface area contributed by atoms with Crippen LogP contribution in [0.25, 0.3) is 22.4 Å². The average molecular weight is 464 g/mol. The first-order valence-corrected chi connectivity index (χ1v) is 10.7. The van der Waals surface area contributed by atoms with E-state index in [9.17, 15) is 18.3 Å². The van der Waals surface area contributed by atoms with Gasteiger partial charge >= 0.3 is 6.18 Å². The number of pyridine rings is 2. The summed E-state index contributed by atoms with van der Waals surface area (Å²) in [5.74, 6) is 0.306. The lowest BCUT2D eigenvalue weighted by atomic mass is 9.70. The van der Waals surface area contributed by atoms with Crippen LogP contribution in [0.1, 0.15) is 37.7 Å². The van der Waals surface area contributed by atoms with Crippen molar-refractivity contribution in [2.45, 2.75) is 32.4 Å². The summed E-state index contributed by atoms with van der Waals surface area (Å²) in [6.07, 6.45) is 0.166. The molecule has 1 N–H and O–H groups in total. The first-order valence-electron chi connectivity index (χ1n) is 10.7. The van der Waals surface area contributed by atoms with Crippen molar-refractivity contribution in [1.82, 2.24) is 20.2 Å². The molecule has 0 aliphatic rings. The zero-order valence-corrected chi connectivity index (χ0v) is 18.9. The number of benzene rings is 1. The van der Waals surface area contributed by atoms with E-state index in [2.05, 4.69) is 40.9 Å². The van der Waals surface area contributed by atoms with Gasteiger partial charge in [0.25, 0.3) is 0 Å². The summed E-state index contributed by atoms with van der Waals surface area (Å²) in [6.45, 7) is 6.34. The van der Waals surface area contributed by atoms with E-state index >= 15 is 0 Å². The van der Waals surface area contributed by atoms with Crippen LogP contribution in [0.3, 0.4) is 0 Å². The van der Waals surface area contributed by atoms with E-state index in [1.54, 1.807) is 24.5 Å². The fraction of sp³-hybridized carbons (Fsp3) is 0.231. The quantitative estimate of drug-likeness (QED) is 0.376. The van der Waals surface area contributed by atoms with Crippen molar-refractivity contribution < 1.29 is 18.3 Å². The molecule has 5 nitrogen and oxygen atoms in total. The van der Waals surface area contributed by atoms with Crippen molar-refractivity contribution >= 4 is 0 Å². The van der Waals surface area contributed by atoms with Crippen LogP contribution in [0.15, 0.2) is 73.2 Å². The molecule has 0 saturated heterocycles.